The van der Waals surface area contributed by atoms with Gasteiger partial charge >= 0.3 is 0 Å². The SMILES string of the molecule is CN(C1CCCCC1)S(=O)(=O)N1CCN(C(=O)[C@@H]2CC[C@H](CN)O2)CC1.Cl. The molecular formula is C17H33ClN4O4S. The summed E-state index contributed by atoms with van der Waals surface area (Å²) in [6.45, 7) is 1.97. The molecule has 2 aliphatic heterocycles. The molecule has 8 nitrogen and oxygen atoms in total. The number of halogens is 1. The molecule has 1 aliphatic carbocycles. The highest BCUT2D eigenvalue weighted by Gasteiger charge is 2.38. The number of hydrogen-bond acceptors (Lipinski definition) is 5. The zero-order valence-corrected chi connectivity index (χ0v) is 17.7. The minimum absolute atomic E-state index is 0. The number of nitrogens with zero attached hydrogens (tertiary/aromatic N) is 3. The monoisotopic (exact) mass is 424 g/mol. The number of hydrogen-bond donors (Lipinski definition) is 1. The Hall–Kier alpha value is -0.450. The molecule has 0 bridgehead atoms. The minimum Gasteiger partial charge on any atom is -0.364 e. The van der Waals surface area contributed by atoms with Crippen molar-refractivity contribution in [2.24, 2.45) is 5.73 Å². The Morgan fingerprint density at radius 1 is 1.07 bits per heavy atom. The Balaban J connectivity index is 0.00000261. The Bertz CT molecular complexity index is 592. The highest BCUT2D eigenvalue weighted by atomic mass is 35.5. The average molecular weight is 425 g/mol. The average Bonchev–Trinajstić information content (AvgIpc) is 3.17. The maximum Gasteiger partial charge on any atom is 0.282 e. The van der Waals surface area contributed by atoms with Gasteiger partial charge < -0.3 is 15.4 Å². The highest BCUT2D eigenvalue weighted by Crippen LogP contribution is 2.26. The number of carbonyl (C=O) groups is 1. The van der Waals surface area contributed by atoms with Gasteiger partial charge in [-0.3, -0.25) is 4.79 Å². The molecule has 0 spiro atoms. The fourth-order valence-corrected chi connectivity index (χ4v) is 5.80. The van der Waals surface area contributed by atoms with Gasteiger partial charge in [-0.2, -0.15) is 17.0 Å². The number of amides is 1. The quantitative estimate of drug-likeness (QED) is 0.695. The number of piperazine rings is 1. The Morgan fingerprint density at radius 3 is 2.26 bits per heavy atom. The molecule has 2 heterocycles. The van der Waals surface area contributed by atoms with E-state index in [0.717, 1.165) is 32.1 Å². The predicted molar refractivity (Wildman–Crippen MR) is 106 cm³/mol. The maximum atomic E-state index is 12.9. The third-order valence-electron chi connectivity index (χ3n) is 5.98. The summed E-state index contributed by atoms with van der Waals surface area (Å²) in [4.78, 5) is 14.3. The van der Waals surface area contributed by atoms with Gasteiger partial charge in [0, 0.05) is 45.8 Å². The number of rotatable bonds is 5. The molecule has 3 aliphatic rings. The molecule has 27 heavy (non-hydrogen) atoms. The normalized spacial score (nSPS) is 28.3. The lowest BCUT2D eigenvalue weighted by atomic mass is 9.96. The van der Waals surface area contributed by atoms with Gasteiger partial charge in [0.05, 0.1) is 6.10 Å². The van der Waals surface area contributed by atoms with E-state index < -0.39 is 16.3 Å². The molecule has 2 atom stereocenters. The highest BCUT2D eigenvalue weighted by molar-refractivity contribution is 7.86. The molecule has 0 radical (unpaired) electrons. The van der Waals surface area contributed by atoms with E-state index in [4.69, 9.17) is 10.5 Å². The van der Waals surface area contributed by atoms with Crippen LogP contribution >= 0.6 is 12.4 Å². The number of ether oxygens (including phenoxy) is 1. The lowest BCUT2D eigenvalue weighted by Crippen LogP contribution is -2.56. The van der Waals surface area contributed by atoms with Gasteiger partial charge in [0.15, 0.2) is 0 Å². The van der Waals surface area contributed by atoms with Crippen molar-refractivity contribution in [3.05, 3.63) is 0 Å². The van der Waals surface area contributed by atoms with Crippen LogP contribution in [0.3, 0.4) is 0 Å². The van der Waals surface area contributed by atoms with Crippen LogP contribution in [0.2, 0.25) is 0 Å². The minimum atomic E-state index is -3.46. The van der Waals surface area contributed by atoms with Crippen LogP contribution in [0.1, 0.15) is 44.9 Å². The lowest BCUT2D eigenvalue weighted by Gasteiger charge is -2.39. The third-order valence-corrected chi connectivity index (χ3v) is 8.02. The van der Waals surface area contributed by atoms with Gasteiger partial charge in [-0.05, 0) is 25.7 Å². The molecule has 10 heteroatoms. The number of nitrogens with two attached hydrogens (primary N) is 1. The zero-order chi connectivity index (χ0) is 18.7. The van der Waals surface area contributed by atoms with Gasteiger partial charge in [-0.1, -0.05) is 19.3 Å². The molecule has 0 aromatic rings. The molecule has 158 valence electrons. The molecule has 3 fully saturated rings. The van der Waals surface area contributed by atoms with E-state index >= 15 is 0 Å². The first-order chi connectivity index (χ1) is 12.4. The van der Waals surface area contributed by atoms with Crippen LogP contribution in [0.5, 0.6) is 0 Å². The van der Waals surface area contributed by atoms with Crippen molar-refractivity contribution >= 4 is 28.5 Å². The van der Waals surface area contributed by atoms with Crippen LogP contribution in [0.15, 0.2) is 0 Å². The Labute approximate surface area is 169 Å². The van der Waals surface area contributed by atoms with Crippen molar-refractivity contribution < 1.29 is 17.9 Å². The van der Waals surface area contributed by atoms with Crippen LogP contribution < -0.4 is 5.73 Å². The van der Waals surface area contributed by atoms with Gasteiger partial charge in [0.2, 0.25) is 0 Å². The van der Waals surface area contributed by atoms with Gasteiger partial charge in [0.1, 0.15) is 6.10 Å². The fraction of sp³-hybridized carbons (Fsp3) is 0.941. The fourth-order valence-electron chi connectivity index (χ4n) is 4.22. The molecule has 0 unspecified atom stereocenters. The molecule has 2 N–H and O–H groups in total. The zero-order valence-electron chi connectivity index (χ0n) is 16.1. The van der Waals surface area contributed by atoms with E-state index in [1.807, 2.05) is 0 Å². The van der Waals surface area contributed by atoms with Crippen molar-refractivity contribution in [2.45, 2.75) is 63.2 Å². The second-order valence-corrected chi connectivity index (χ2v) is 9.59. The van der Waals surface area contributed by atoms with Gasteiger partial charge in [-0.25, -0.2) is 0 Å². The third kappa shape index (κ3) is 5.13. The first kappa shape index (κ1) is 22.8. The van der Waals surface area contributed by atoms with Crippen molar-refractivity contribution in [3.63, 3.8) is 0 Å². The van der Waals surface area contributed by atoms with E-state index in [1.165, 1.54) is 10.7 Å². The van der Waals surface area contributed by atoms with Crippen molar-refractivity contribution in [1.29, 1.82) is 0 Å². The molecule has 0 aromatic carbocycles. The van der Waals surface area contributed by atoms with Crippen LogP contribution in [-0.4, -0.2) is 85.9 Å². The smallest absolute Gasteiger partial charge is 0.282 e. The van der Waals surface area contributed by atoms with E-state index in [-0.39, 0.29) is 30.5 Å². The van der Waals surface area contributed by atoms with E-state index in [0.29, 0.717) is 39.1 Å². The molecule has 0 aromatic heterocycles. The predicted octanol–water partition coefficient (Wildman–Crippen LogP) is 0.568. The summed E-state index contributed by atoms with van der Waals surface area (Å²) in [5.41, 5.74) is 5.60. The largest absolute Gasteiger partial charge is 0.364 e. The van der Waals surface area contributed by atoms with Gasteiger partial charge in [-0.15, -0.1) is 12.4 Å². The summed E-state index contributed by atoms with van der Waals surface area (Å²) in [5, 5.41) is 0. The summed E-state index contributed by atoms with van der Waals surface area (Å²) in [6, 6.07) is 0.105. The van der Waals surface area contributed by atoms with Crippen molar-refractivity contribution in [2.75, 3.05) is 39.8 Å². The van der Waals surface area contributed by atoms with Gasteiger partial charge in [0.25, 0.3) is 16.1 Å². The summed E-state index contributed by atoms with van der Waals surface area (Å²) >= 11 is 0. The van der Waals surface area contributed by atoms with Crippen LogP contribution in [0.25, 0.3) is 0 Å². The van der Waals surface area contributed by atoms with E-state index in [1.54, 1.807) is 16.3 Å². The summed E-state index contributed by atoms with van der Waals surface area (Å²) in [5.74, 6) is -0.0290. The summed E-state index contributed by atoms with van der Waals surface area (Å²) in [6.07, 6.45) is 6.32. The maximum absolute atomic E-state index is 12.9. The van der Waals surface area contributed by atoms with E-state index in [9.17, 15) is 13.2 Å². The molecule has 1 amide bonds. The topological polar surface area (TPSA) is 96.2 Å². The van der Waals surface area contributed by atoms with Crippen LogP contribution in [-0.2, 0) is 19.7 Å². The van der Waals surface area contributed by atoms with E-state index in [2.05, 4.69) is 0 Å². The second kappa shape index (κ2) is 9.84. The Morgan fingerprint density at radius 2 is 1.70 bits per heavy atom. The molecule has 2 saturated heterocycles. The summed E-state index contributed by atoms with van der Waals surface area (Å²) < 4.78 is 34.6. The number of carbonyl (C=O) groups excluding carboxylic acids is 1. The van der Waals surface area contributed by atoms with Crippen molar-refractivity contribution in [1.82, 2.24) is 13.5 Å². The van der Waals surface area contributed by atoms with Crippen LogP contribution in [0.4, 0.5) is 0 Å². The first-order valence-electron chi connectivity index (χ1n) is 9.81. The molecule has 3 rings (SSSR count). The standard InChI is InChI=1S/C17H32N4O4S.ClH/c1-19(14-5-3-2-4-6-14)26(23,24)21-11-9-20(10-12-21)17(22)16-8-7-15(13-18)25-16;/h14-16H,2-13,18H2,1H3;1H/t15-,16+;/m1./s1. The molecule has 1 saturated carbocycles. The Kier molecular flexibility index (Phi) is 8.33. The van der Waals surface area contributed by atoms with Crippen LogP contribution in [0, 0.1) is 0 Å². The summed E-state index contributed by atoms with van der Waals surface area (Å²) in [7, 11) is -1.77. The lowest BCUT2D eigenvalue weighted by molar-refractivity contribution is -0.144. The second-order valence-electron chi connectivity index (χ2n) is 7.60. The molecular weight excluding hydrogens is 392 g/mol. The first-order valence-corrected chi connectivity index (χ1v) is 11.2. The van der Waals surface area contributed by atoms with Crippen molar-refractivity contribution in [3.8, 4) is 0 Å².